The molecule has 0 atom stereocenters. The van der Waals surface area contributed by atoms with Gasteiger partial charge in [0, 0.05) is 11.8 Å². The van der Waals surface area contributed by atoms with Crippen molar-refractivity contribution in [2.45, 2.75) is 6.92 Å². The summed E-state index contributed by atoms with van der Waals surface area (Å²) in [5.41, 5.74) is 5.07. The molecule has 0 aliphatic heterocycles. The van der Waals surface area contributed by atoms with Crippen LogP contribution in [0.2, 0.25) is 5.02 Å². The summed E-state index contributed by atoms with van der Waals surface area (Å²) in [4.78, 5) is 4.65. The van der Waals surface area contributed by atoms with E-state index in [9.17, 15) is 4.39 Å². The Kier molecular flexibility index (Phi) is 6.32. The van der Waals surface area contributed by atoms with E-state index in [1.807, 2.05) is 6.92 Å². The molecule has 23 heavy (non-hydrogen) atoms. The normalized spacial score (nSPS) is 11.2. The number of aromatic nitrogens is 1. The minimum absolute atomic E-state index is 0.0369. The van der Waals surface area contributed by atoms with Crippen LogP contribution in [0.4, 0.5) is 10.1 Å². The molecule has 0 fully saturated rings. The number of hydrazone groups is 1. The average Bonchev–Trinajstić information content (AvgIpc) is 2.57. The molecule has 1 heterocycles. The van der Waals surface area contributed by atoms with Crippen LogP contribution in [0, 0.1) is 5.82 Å². The number of rotatable bonds is 5. The van der Waals surface area contributed by atoms with E-state index in [-0.39, 0.29) is 10.7 Å². The van der Waals surface area contributed by atoms with Gasteiger partial charge < -0.3 is 10.7 Å². The van der Waals surface area contributed by atoms with Crippen molar-refractivity contribution in [3.05, 3.63) is 58.6 Å². The highest BCUT2D eigenvalue weighted by molar-refractivity contribution is 7.81. The van der Waals surface area contributed by atoms with Crippen LogP contribution in [0.3, 0.4) is 0 Å². The molecule has 1 aromatic heterocycles. The van der Waals surface area contributed by atoms with Crippen molar-refractivity contribution in [3.8, 4) is 0 Å². The number of hydrogen-bond donors (Lipinski definition) is 3. The molecule has 0 spiro atoms. The standard InChI is InChI=1S/C15H14ClFN4S2/c1-9(21-19-8-22)12-6-5-10(7-18-12)15(23)20-13-4-2-3-11(16)14(13)17/h2-7,19,22H,8H2,1H3,(H,20,23). The first-order valence-corrected chi connectivity index (χ1v) is 8.04. The molecule has 4 nitrogen and oxygen atoms in total. The van der Waals surface area contributed by atoms with Crippen LogP contribution in [0.25, 0.3) is 0 Å². The molecule has 8 heteroatoms. The summed E-state index contributed by atoms with van der Waals surface area (Å²) in [6.45, 7) is 1.83. The zero-order chi connectivity index (χ0) is 16.8. The number of hydrogen-bond acceptors (Lipinski definition) is 5. The molecular formula is C15H14ClFN4S2. The molecular weight excluding hydrogens is 355 g/mol. The summed E-state index contributed by atoms with van der Waals surface area (Å²) < 4.78 is 13.9. The maximum absolute atomic E-state index is 13.9. The predicted octanol–water partition coefficient (Wildman–Crippen LogP) is 3.86. The number of pyridine rings is 1. The van der Waals surface area contributed by atoms with Crippen molar-refractivity contribution in [2.24, 2.45) is 5.10 Å². The van der Waals surface area contributed by atoms with Gasteiger partial charge in [0.25, 0.3) is 0 Å². The molecule has 120 valence electrons. The Morgan fingerprint density at radius 2 is 2.17 bits per heavy atom. The molecule has 1 aromatic carbocycles. The Hall–Kier alpha value is -1.70. The molecule has 2 rings (SSSR count). The van der Waals surface area contributed by atoms with E-state index in [2.05, 4.69) is 33.5 Å². The van der Waals surface area contributed by atoms with E-state index in [0.29, 0.717) is 22.1 Å². The Bertz CT molecular complexity index is 735. The summed E-state index contributed by atoms with van der Waals surface area (Å²) in [6.07, 6.45) is 1.60. The predicted molar refractivity (Wildman–Crippen MR) is 100 cm³/mol. The number of thiol groups is 1. The lowest BCUT2D eigenvalue weighted by Crippen LogP contribution is -2.13. The minimum Gasteiger partial charge on any atom is -0.344 e. The number of nitrogens with zero attached hydrogens (tertiary/aromatic N) is 2. The quantitative estimate of drug-likeness (QED) is 0.246. The van der Waals surface area contributed by atoms with Crippen molar-refractivity contribution in [1.29, 1.82) is 0 Å². The van der Waals surface area contributed by atoms with Gasteiger partial charge in [0.05, 0.1) is 28.0 Å². The first-order valence-electron chi connectivity index (χ1n) is 6.62. The van der Waals surface area contributed by atoms with Crippen LogP contribution in [-0.4, -0.2) is 21.6 Å². The maximum Gasteiger partial charge on any atom is 0.165 e. The number of nitrogens with one attached hydrogen (secondary N) is 2. The number of halogens is 2. The van der Waals surface area contributed by atoms with Gasteiger partial charge >= 0.3 is 0 Å². The van der Waals surface area contributed by atoms with Gasteiger partial charge in [-0.05, 0) is 31.2 Å². The molecule has 0 aliphatic carbocycles. The van der Waals surface area contributed by atoms with Gasteiger partial charge in [-0.3, -0.25) is 4.98 Å². The molecule has 0 saturated carbocycles. The van der Waals surface area contributed by atoms with E-state index >= 15 is 0 Å². The molecule has 0 saturated heterocycles. The summed E-state index contributed by atoms with van der Waals surface area (Å²) in [6, 6.07) is 8.26. The molecule has 2 aromatic rings. The Morgan fingerprint density at radius 3 is 2.83 bits per heavy atom. The number of thiocarbonyl (C=S) groups is 1. The topological polar surface area (TPSA) is 49.3 Å². The van der Waals surface area contributed by atoms with Crippen molar-refractivity contribution >= 4 is 52.8 Å². The zero-order valence-corrected chi connectivity index (χ0v) is 14.6. The maximum atomic E-state index is 13.9. The number of benzene rings is 1. The lowest BCUT2D eigenvalue weighted by atomic mass is 10.2. The second-order valence-electron chi connectivity index (χ2n) is 4.50. The highest BCUT2D eigenvalue weighted by Gasteiger charge is 2.09. The van der Waals surface area contributed by atoms with Gasteiger partial charge in [-0.15, -0.1) is 0 Å². The molecule has 2 N–H and O–H groups in total. The van der Waals surface area contributed by atoms with Crippen molar-refractivity contribution in [3.63, 3.8) is 0 Å². The van der Waals surface area contributed by atoms with Gasteiger partial charge in [-0.25, -0.2) is 4.39 Å². The molecule has 0 bridgehead atoms. The zero-order valence-electron chi connectivity index (χ0n) is 12.2. The summed E-state index contributed by atoms with van der Waals surface area (Å²) in [7, 11) is 0. The Labute approximate surface area is 149 Å². The van der Waals surface area contributed by atoms with Crippen LogP contribution in [0.5, 0.6) is 0 Å². The van der Waals surface area contributed by atoms with Crippen molar-refractivity contribution in [1.82, 2.24) is 10.4 Å². The SMILES string of the molecule is CC(=NNCS)c1ccc(C(=S)Nc2cccc(Cl)c2F)cn1. The van der Waals surface area contributed by atoms with E-state index in [4.69, 9.17) is 23.8 Å². The van der Waals surface area contributed by atoms with Gasteiger partial charge in [0.2, 0.25) is 0 Å². The van der Waals surface area contributed by atoms with Gasteiger partial charge in [-0.2, -0.15) is 17.7 Å². The van der Waals surface area contributed by atoms with Crippen LogP contribution in [0.1, 0.15) is 18.2 Å². The second kappa shape index (κ2) is 8.24. The molecule has 0 unspecified atom stereocenters. The molecule has 0 amide bonds. The van der Waals surface area contributed by atoms with Crippen molar-refractivity contribution < 1.29 is 4.39 Å². The smallest absolute Gasteiger partial charge is 0.165 e. The van der Waals surface area contributed by atoms with Gasteiger partial charge in [0.15, 0.2) is 5.82 Å². The first-order chi connectivity index (χ1) is 11.0. The monoisotopic (exact) mass is 368 g/mol. The van der Waals surface area contributed by atoms with E-state index in [1.165, 1.54) is 6.07 Å². The largest absolute Gasteiger partial charge is 0.344 e. The van der Waals surface area contributed by atoms with Crippen LogP contribution < -0.4 is 10.7 Å². The summed E-state index contributed by atoms with van der Waals surface area (Å²) >= 11 is 15.0. The summed E-state index contributed by atoms with van der Waals surface area (Å²) in [5, 5.41) is 6.96. The Balaban J connectivity index is 2.13. The second-order valence-corrected chi connectivity index (χ2v) is 5.63. The summed E-state index contributed by atoms with van der Waals surface area (Å²) in [5.74, 6) is -0.101. The number of anilines is 1. The molecule has 0 aliphatic rings. The minimum atomic E-state index is -0.540. The van der Waals surface area contributed by atoms with Crippen LogP contribution >= 0.6 is 36.4 Å². The van der Waals surface area contributed by atoms with E-state index in [0.717, 1.165) is 5.71 Å². The van der Waals surface area contributed by atoms with Gasteiger partial charge in [-0.1, -0.05) is 29.9 Å². The average molecular weight is 369 g/mol. The third kappa shape index (κ3) is 4.63. The van der Waals surface area contributed by atoms with Crippen LogP contribution in [-0.2, 0) is 0 Å². The van der Waals surface area contributed by atoms with Gasteiger partial charge in [0.1, 0.15) is 4.99 Å². The first kappa shape index (κ1) is 17.7. The fourth-order valence-electron chi connectivity index (χ4n) is 1.75. The fourth-order valence-corrected chi connectivity index (χ4v) is 2.22. The Morgan fingerprint density at radius 1 is 1.39 bits per heavy atom. The van der Waals surface area contributed by atoms with Crippen molar-refractivity contribution in [2.75, 3.05) is 11.2 Å². The lowest BCUT2D eigenvalue weighted by molar-refractivity contribution is 0.632. The van der Waals surface area contributed by atoms with E-state index < -0.39 is 5.82 Å². The highest BCUT2D eigenvalue weighted by Crippen LogP contribution is 2.22. The molecule has 0 radical (unpaired) electrons. The lowest BCUT2D eigenvalue weighted by Gasteiger charge is -2.10. The highest BCUT2D eigenvalue weighted by atomic mass is 35.5. The van der Waals surface area contributed by atoms with Crippen LogP contribution in [0.15, 0.2) is 41.6 Å². The third-order valence-electron chi connectivity index (χ3n) is 2.91. The fraction of sp³-hybridized carbons (Fsp3) is 0.133. The third-order valence-corrected chi connectivity index (χ3v) is 3.68. The van der Waals surface area contributed by atoms with E-state index in [1.54, 1.807) is 30.5 Å².